The zero-order valence-electron chi connectivity index (χ0n) is 17.2. The summed E-state index contributed by atoms with van der Waals surface area (Å²) in [6.07, 6.45) is -1.64. The molecule has 2 aromatic heterocycles. The molecule has 2 aliphatic heterocycles. The molecule has 1 unspecified atom stereocenters. The standard InChI is InChI=1S/C22H22ClF3N4OS/c23-17-7-14(1-2-18(17)31)10-29-5-3-21(11-29)4-6-30(12-21)19-16-8-15(9-22(24,25)26)32-20(16)28-13-27-19/h1-2,7-8,13,31H,3-6,9-12H2. The Bertz CT molecular complexity index is 1150. The fraction of sp³-hybridized carbons (Fsp3) is 0.455. The van der Waals surface area contributed by atoms with Gasteiger partial charge in [0.1, 0.15) is 22.7 Å². The molecule has 5 rings (SSSR count). The molecular formula is C22H22ClF3N4OS. The van der Waals surface area contributed by atoms with Gasteiger partial charge in [0.05, 0.1) is 16.8 Å². The number of thiophene rings is 1. The highest BCUT2D eigenvalue weighted by Crippen LogP contribution is 2.43. The highest BCUT2D eigenvalue weighted by atomic mass is 35.5. The maximum atomic E-state index is 12.8. The topological polar surface area (TPSA) is 52.5 Å². The van der Waals surface area contributed by atoms with Crippen LogP contribution in [-0.2, 0) is 13.0 Å². The molecule has 1 aromatic carbocycles. The minimum atomic E-state index is -4.23. The highest BCUT2D eigenvalue weighted by molar-refractivity contribution is 7.18. The van der Waals surface area contributed by atoms with Gasteiger partial charge >= 0.3 is 6.18 Å². The van der Waals surface area contributed by atoms with Crippen molar-refractivity contribution < 1.29 is 18.3 Å². The van der Waals surface area contributed by atoms with Crippen LogP contribution in [0.15, 0.2) is 30.6 Å². The molecule has 0 amide bonds. The molecule has 2 fully saturated rings. The van der Waals surface area contributed by atoms with Gasteiger partial charge in [-0.15, -0.1) is 11.3 Å². The summed E-state index contributed by atoms with van der Waals surface area (Å²) < 4.78 is 38.5. The van der Waals surface area contributed by atoms with Gasteiger partial charge in [0, 0.05) is 36.5 Å². The number of nitrogens with zero attached hydrogens (tertiary/aromatic N) is 4. The van der Waals surface area contributed by atoms with E-state index in [1.165, 1.54) is 6.33 Å². The number of hydrogen-bond donors (Lipinski definition) is 1. The van der Waals surface area contributed by atoms with Crippen molar-refractivity contribution in [2.75, 3.05) is 31.1 Å². The number of alkyl halides is 3. The van der Waals surface area contributed by atoms with Crippen molar-refractivity contribution in [3.8, 4) is 5.75 Å². The first-order valence-electron chi connectivity index (χ1n) is 10.4. The van der Waals surface area contributed by atoms with Crippen molar-refractivity contribution in [3.63, 3.8) is 0 Å². The van der Waals surface area contributed by atoms with E-state index in [9.17, 15) is 18.3 Å². The maximum Gasteiger partial charge on any atom is 0.393 e. The van der Waals surface area contributed by atoms with E-state index in [1.807, 2.05) is 6.07 Å². The molecule has 0 bridgehead atoms. The molecule has 2 aliphatic rings. The van der Waals surface area contributed by atoms with E-state index in [4.69, 9.17) is 11.6 Å². The maximum absolute atomic E-state index is 12.8. The van der Waals surface area contributed by atoms with E-state index in [2.05, 4.69) is 19.8 Å². The molecule has 1 spiro atoms. The van der Waals surface area contributed by atoms with Crippen molar-refractivity contribution in [2.45, 2.75) is 32.0 Å². The van der Waals surface area contributed by atoms with Crippen LogP contribution in [0.2, 0.25) is 5.02 Å². The largest absolute Gasteiger partial charge is 0.506 e. The minimum absolute atomic E-state index is 0.0859. The van der Waals surface area contributed by atoms with Crippen LogP contribution in [0.1, 0.15) is 23.3 Å². The number of hydrogen-bond acceptors (Lipinski definition) is 6. The van der Waals surface area contributed by atoms with Gasteiger partial charge in [-0.2, -0.15) is 13.2 Å². The summed E-state index contributed by atoms with van der Waals surface area (Å²) in [6.45, 7) is 4.34. The average Bonchev–Trinajstić information content (AvgIpc) is 3.42. The third-order valence-corrected chi connectivity index (χ3v) is 7.75. The molecule has 4 heterocycles. The molecular weight excluding hydrogens is 461 g/mol. The number of likely N-dealkylation sites (tertiary alicyclic amines) is 1. The van der Waals surface area contributed by atoms with Crippen molar-refractivity contribution in [2.24, 2.45) is 5.41 Å². The Morgan fingerprint density at radius 2 is 1.94 bits per heavy atom. The van der Waals surface area contributed by atoms with Gasteiger partial charge in [0.2, 0.25) is 0 Å². The van der Waals surface area contributed by atoms with Gasteiger partial charge in [-0.05, 0) is 43.1 Å². The minimum Gasteiger partial charge on any atom is -0.506 e. The first kappa shape index (κ1) is 21.7. The smallest absolute Gasteiger partial charge is 0.393 e. The quantitative estimate of drug-likeness (QED) is 0.550. The number of halogens is 4. The summed E-state index contributed by atoms with van der Waals surface area (Å²) >= 11 is 7.13. The molecule has 5 nitrogen and oxygen atoms in total. The Hall–Kier alpha value is -2.10. The molecule has 32 heavy (non-hydrogen) atoms. The number of rotatable bonds is 4. The van der Waals surface area contributed by atoms with Gasteiger partial charge in [0.15, 0.2) is 0 Å². The number of aromatic hydroxyl groups is 1. The fourth-order valence-electron chi connectivity index (χ4n) is 4.95. The summed E-state index contributed by atoms with van der Waals surface area (Å²) in [6, 6.07) is 6.91. The summed E-state index contributed by atoms with van der Waals surface area (Å²) in [7, 11) is 0. The molecule has 10 heteroatoms. The first-order chi connectivity index (χ1) is 15.2. The van der Waals surface area contributed by atoms with Crippen LogP contribution < -0.4 is 4.90 Å². The lowest BCUT2D eigenvalue weighted by molar-refractivity contribution is -0.126. The summed E-state index contributed by atoms with van der Waals surface area (Å²) in [5.41, 5.74) is 1.20. The van der Waals surface area contributed by atoms with Crippen LogP contribution >= 0.6 is 22.9 Å². The predicted molar refractivity (Wildman–Crippen MR) is 119 cm³/mol. The van der Waals surface area contributed by atoms with E-state index in [-0.39, 0.29) is 16.0 Å². The van der Waals surface area contributed by atoms with Crippen LogP contribution in [0.4, 0.5) is 19.0 Å². The van der Waals surface area contributed by atoms with Gasteiger partial charge in [-0.3, -0.25) is 4.90 Å². The zero-order chi connectivity index (χ0) is 22.5. The summed E-state index contributed by atoms with van der Waals surface area (Å²) in [4.78, 5) is 14.1. The lowest BCUT2D eigenvalue weighted by Crippen LogP contribution is -2.31. The molecule has 170 valence electrons. The molecule has 3 aromatic rings. The Balaban J connectivity index is 1.30. The number of phenols is 1. The lowest BCUT2D eigenvalue weighted by atomic mass is 9.86. The molecule has 1 N–H and O–H groups in total. The highest BCUT2D eigenvalue weighted by Gasteiger charge is 2.44. The fourth-order valence-corrected chi connectivity index (χ4v) is 6.17. The molecule has 0 aliphatic carbocycles. The number of fused-ring (bicyclic) bond motifs is 1. The van der Waals surface area contributed by atoms with E-state index in [0.29, 0.717) is 15.2 Å². The summed E-state index contributed by atoms with van der Waals surface area (Å²) in [5, 5.41) is 10.7. The van der Waals surface area contributed by atoms with Crippen LogP contribution in [0, 0.1) is 5.41 Å². The van der Waals surface area contributed by atoms with E-state index >= 15 is 0 Å². The number of phenolic OH excluding ortho intramolecular Hbond substituents is 1. The van der Waals surface area contributed by atoms with Crippen molar-refractivity contribution in [1.82, 2.24) is 14.9 Å². The van der Waals surface area contributed by atoms with Crippen LogP contribution in [-0.4, -0.2) is 52.3 Å². The third kappa shape index (κ3) is 4.38. The van der Waals surface area contributed by atoms with Crippen molar-refractivity contribution >= 4 is 39.0 Å². The lowest BCUT2D eigenvalue weighted by Gasteiger charge is -2.25. The van der Waals surface area contributed by atoms with E-state index < -0.39 is 12.6 Å². The van der Waals surface area contributed by atoms with Crippen molar-refractivity contribution in [1.29, 1.82) is 0 Å². The number of aromatic nitrogens is 2. The second-order valence-electron chi connectivity index (χ2n) is 8.84. The van der Waals surface area contributed by atoms with Crippen LogP contribution in [0.5, 0.6) is 5.75 Å². The second kappa shape index (κ2) is 8.04. The van der Waals surface area contributed by atoms with Crippen LogP contribution in [0.3, 0.4) is 0 Å². The van der Waals surface area contributed by atoms with E-state index in [1.54, 1.807) is 18.2 Å². The number of benzene rings is 1. The molecule has 0 radical (unpaired) electrons. The molecule has 0 saturated carbocycles. The van der Waals surface area contributed by atoms with Crippen molar-refractivity contribution in [3.05, 3.63) is 46.1 Å². The van der Waals surface area contributed by atoms with Gasteiger partial charge in [-0.25, -0.2) is 9.97 Å². The monoisotopic (exact) mass is 482 g/mol. The van der Waals surface area contributed by atoms with Gasteiger partial charge in [0.25, 0.3) is 0 Å². The average molecular weight is 483 g/mol. The second-order valence-corrected chi connectivity index (χ2v) is 10.4. The molecule has 2 saturated heterocycles. The Labute approximate surface area is 192 Å². The Morgan fingerprint density at radius 1 is 1.12 bits per heavy atom. The predicted octanol–water partition coefficient (Wildman–Crippen LogP) is 5.26. The van der Waals surface area contributed by atoms with Gasteiger partial charge < -0.3 is 10.0 Å². The first-order valence-corrected chi connectivity index (χ1v) is 11.6. The SMILES string of the molecule is Oc1ccc(CN2CCC3(CCN(c4ncnc5sc(CC(F)(F)F)cc45)C3)C2)cc1Cl. The normalized spacial score (nSPS) is 21.9. The van der Waals surface area contributed by atoms with Gasteiger partial charge in [-0.1, -0.05) is 17.7 Å². The van der Waals surface area contributed by atoms with E-state index in [0.717, 1.165) is 68.3 Å². The Kier molecular flexibility index (Phi) is 5.46. The third-order valence-electron chi connectivity index (χ3n) is 6.41. The summed E-state index contributed by atoms with van der Waals surface area (Å²) in [5.74, 6) is 0.822. The Morgan fingerprint density at radius 3 is 2.72 bits per heavy atom. The number of anilines is 1. The van der Waals surface area contributed by atoms with Crippen LogP contribution in [0.25, 0.3) is 10.2 Å². The zero-order valence-corrected chi connectivity index (χ0v) is 18.8. The molecule has 1 atom stereocenters.